The lowest BCUT2D eigenvalue weighted by atomic mass is 10.1. The van der Waals surface area contributed by atoms with Gasteiger partial charge in [-0.05, 0) is 19.2 Å². The first-order chi connectivity index (χ1) is 9.93. The van der Waals surface area contributed by atoms with E-state index in [1.54, 1.807) is 16.8 Å². The molecular formula is C14H18F2N2O3. The summed E-state index contributed by atoms with van der Waals surface area (Å²) < 4.78 is 32.4. The van der Waals surface area contributed by atoms with Crippen molar-refractivity contribution in [3.63, 3.8) is 0 Å². The maximum atomic E-state index is 13.9. The van der Waals surface area contributed by atoms with Crippen LogP contribution >= 0.6 is 0 Å². The first-order valence-corrected chi connectivity index (χ1v) is 6.60. The lowest BCUT2D eigenvalue weighted by Crippen LogP contribution is -2.54. The predicted molar refractivity (Wildman–Crippen MR) is 72.2 cm³/mol. The van der Waals surface area contributed by atoms with E-state index in [1.165, 1.54) is 13.2 Å². The van der Waals surface area contributed by atoms with Crippen molar-refractivity contribution in [2.75, 3.05) is 33.8 Å². The summed E-state index contributed by atoms with van der Waals surface area (Å²) in [7, 11) is 3.12. The molecule has 2 rings (SSSR count). The number of hydrogen-bond acceptors (Lipinski definition) is 4. The van der Waals surface area contributed by atoms with Crippen LogP contribution in [0.1, 0.15) is 5.56 Å². The smallest absolute Gasteiger partial charge is 0.322 e. The van der Waals surface area contributed by atoms with Crippen molar-refractivity contribution in [1.29, 1.82) is 0 Å². The zero-order chi connectivity index (χ0) is 15.6. The lowest BCUT2D eigenvalue weighted by molar-refractivity contribution is -0.145. The zero-order valence-electron chi connectivity index (χ0n) is 12.0. The highest BCUT2D eigenvalue weighted by atomic mass is 19.2. The van der Waals surface area contributed by atoms with Gasteiger partial charge in [0.05, 0.1) is 7.11 Å². The SMILES string of the molecule is COc1ccc(F)c(F)c1CN1CCN(C)[C@@H](C(=O)O)C1. The number of carboxylic acid groups (broad SMARTS) is 1. The number of nitrogens with zero attached hydrogens (tertiary/aromatic N) is 2. The van der Waals surface area contributed by atoms with Gasteiger partial charge in [-0.2, -0.15) is 0 Å². The van der Waals surface area contributed by atoms with Crippen LogP contribution in [0.4, 0.5) is 8.78 Å². The first-order valence-electron chi connectivity index (χ1n) is 6.60. The Kier molecular flexibility index (Phi) is 4.74. The third kappa shape index (κ3) is 3.30. The number of halogens is 2. The van der Waals surface area contributed by atoms with E-state index in [0.29, 0.717) is 13.1 Å². The number of ether oxygens (including phenoxy) is 1. The summed E-state index contributed by atoms with van der Waals surface area (Å²) in [6.45, 7) is 1.50. The Labute approximate surface area is 121 Å². The van der Waals surface area contributed by atoms with E-state index in [-0.39, 0.29) is 24.4 Å². The summed E-state index contributed by atoms with van der Waals surface area (Å²) in [6.07, 6.45) is 0. The minimum Gasteiger partial charge on any atom is -0.496 e. The Balaban J connectivity index is 2.19. The number of rotatable bonds is 4. The van der Waals surface area contributed by atoms with Gasteiger partial charge in [-0.3, -0.25) is 14.6 Å². The maximum absolute atomic E-state index is 13.9. The van der Waals surface area contributed by atoms with Gasteiger partial charge in [-0.25, -0.2) is 8.78 Å². The second-order valence-corrected chi connectivity index (χ2v) is 5.11. The van der Waals surface area contributed by atoms with Crippen LogP contribution in [-0.4, -0.2) is 60.7 Å². The predicted octanol–water partition coefficient (Wildman–Crippen LogP) is 1.17. The van der Waals surface area contributed by atoms with E-state index in [4.69, 9.17) is 9.84 Å². The largest absolute Gasteiger partial charge is 0.496 e. The van der Waals surface area contributed by atoms with Crippen molar-refractivity contribution in [2.24, 2.45) is 0 Å². The molecule has 1 aromatic rings. The van der Waals surface area contributed by atoms with Crippen LogP contribution in [0.5, 0.6) is 5.75 Å². The first kappa shape index (κ1) is 15.7. The van der Waals surface area contributed by atoms with Gasteiger partial charge < -0.3 is 9.84 Å². The van der Waals surface area contributed by atoms with Crippen LogP contribution in [0, 0.1) is 11.6 Å². The molecule has 0 unspecified atom stereocenters. The molecule has 0 aromatic heterocycles. The fourth-order valence-corrected chi connectivity index (χ4v) is 2.48. The molecule has 1 aliphatic rings. The van der Waals surface area contributed by atoms with E-state index >= 15 is 0 Å². The Bertz CT molecular complexity index is 539. The van der Waals surface area contributed by atoms with Crippen LogP contribution in [0.15, 0.2) is 12.1 Å². The summed E-state index contributed by atoms with van der Waals surface area (Å²) >= 11 is 0. The van der Waals surface area contributed by atoms with Crippen LogP contribution < -0.4 is 4.74 Å². The molecule has 0 amide bonds. The molecule has 21 heavy (non-hydrogen) atoms. The number of aliphatic carboxylic acids is 1. The number of methoxy groups -OCH3 is 1. The number of piperazine rings is 1. The Morgan fingerprint density at radius 1 is 1.43 bits per heavy atom. The van der Waals surface area contributed by atoms with Gasteiger partial charge in [0.2, 0.25) is 0 Å². The summed E-state index contributed by atoms with van der Waals surface area (Å²) in [5, 5.41) is 9.16. The van der Waals surface area contributed by atoms with Crippen molar-refractivity contribution >= 4 is 5.97 Å². The molecule has 1 aromatic carbocycles. The van der Waals surface area contributed by atoms with Crippen LogP contribution in [0.3, 0.4) is 0 Å². The third-order valence-corrected chi connectivity index (χ3v) is 3.77. The van der Waals surface area contributed by atoms with E-state index < -0.39 is 23.6 Å². The van der Waals surface area contributed by atoms with E-state index in [2.05, 4.69) is 0 Å². The van der Waals surface area contributed by atoms with E-state index in [0.717, 1.165) is 6.07 Å². The molecule has 116 valence electrons. The molecule has 0 saturated carbocycles. The Hall–Kier alpha value is -1.73. The summed E-state index contributed by atoms with van der Waals surface area (Å²) in [6, 6.07) is 1.74. The van der Waals surface area contributed by atoms with Crippen LogP contribution in [0.25, 0.3) is 0 Å². The van der Waals surface area contributed by atoms with Gasteiger partial charge in [0.15, 0.2) is 11.6 Å². The number of likely N-dealkylation sites (N-methyl/N-ethyl adjacent to an activating group) is 1. The number of carboxylic acids is 1. The van der Waals surface area contributed by atoms with Crippen molar-refractivity contribution in [3.8, 4) is 5.75 Å². The Morgan fingerprint density at radius 2 is 2.14 bits per heavy atom. The Morgan fingerprint density at radius 3 is 2.76 bits per heavy atom. The molecule has 0 radical (unpaired) electrons. The lowest BCUT2D eigenvalue weighted by Gasteiger charge is -2.37. The molecule has 7 heteroatoms. The molecule has 1 N–H and O–H groups in total. The minimum absolute atomic E-state index is 0.115. The zero-order valence-corrected chi connectivity index (χ0v) is 12.0. The number of carbonyl (C=O) groups is 1. The molecule has 5 nitrogen and oxygen atoms in total. The highest BCUT2D eigenvalue weighted by Crippen LogP contribution is 2.26. The molecular weight excluding hydrogens is 282 g/mol. The minimum atomic E-state index is -0.944. The van der Waals surface area contributed by atoms with E-state index in [9.17, 15) is 13.6 Å². The highest BCUT2D eigenvalue weighted by molar-refractivity contribution is 5.73. The average Bonchev–Trinajstić information content (AvgIpc) is 2.45. The van der Waals surface area contributed by atoms with Crippen LogP contribution in [-0.2, 0) is 11.3 Å². The fourth-order valence-electron chi connectivity index (χ4n) is 2.48. The molecule has 1 aliphatic heterocycles. The fraction of sp³-hybridized carbons (Fsp3) is 0.500. The number of benzene rings is 1. The topological polar surface area (TPSA) is 53.0 Å². The van der Waals surface area contributed by atoms with Gasteiger partial charge in [0, 0.05) is 31.7 Å². The monoisotopic (exact) mass is 300 g/mol. The standard InChI is InChI=1S/C14H18F2N2O3/c1-17-5-6-18(8-11(17)14(19)20)7-9-12(21-2)4-3-10(15)13(9)16/h3-4,11H,5-8H2,1-2H3,(H,19,20)/t11-/m1/s1. The van der Waals surface area contributed by atoms with Gasteiger partial charge in [0.25, 0.3) is 0 Å². The molecule has 0 bridgehead atoms. The number of hydrogen-bond donors (Lipinski definition) is 1. The molecule has 1 atom stereocenters. The van der Waals surface area contributed by atoms with Gasteiger partial charge in [-0.15, -0.1) is 0 Å². The molecule has 1 saturated heterocycles. The summed E-state index contributed by atoms with van der Waals surface area (Å²) in [5.41, 5.74) is 0.117. The third-order valence-electron chi connectivity index (χ3n) is 3.77. The summed E-state index contributed by atoms with van der Waals surface area (Å²) in [5.74, 6) is -2.54. The van der Waals surface area contributed by atoms with Gasteiger partial charge >= 0.3 is 5.97 Å². The van der Waals surface area contributed by atoms with Gasteiger partial charge in [-0.1, -0.05) is 0 Å². The quantitative estimate of drug-likeness (QED) is 0.905. The normalized spacial score (nSPS) is 20.5. The molecule has 0 aliphatic carbocycles. The van der Waals surface area contributed by atoms with Crippen molar-refractivity contribution in [2.45, 2.75) is 12.6 Å². The second kappa shape index (κ2) is 6.36. The average molecular weight is 300 g/mol. The van der Waals surface area contributed by atoms with Crippen molar-refractivity contribution < 1.29 is 23.4 Å². The van der Waals surface area contributed by atoms with E-state index in [1.807, 2.05) is 0 Å². The summed E-state index contributed by atoms with van der Waals surface area (Å²) in [4.78, 5) is 14.7. The highest BCUT2D eigenvalue weighted by Gasteiger charge is 2.30. The van der Waals surface area contributed by atoms with Crippen LogP contribution in [0.2, 0.25) is 0 Å². The second-order valence-electron chi connectivity index (χ2n) is 5.11. The molecule has 1 heterocycles. The molecule has 0 spiro atoms. The van der Waals surface area contributed by atoms with Crippen molar-refractivity contribution in [1.82, 2.24) is 9.80 Å². The maximum Gasteiger partial charge on any atom is 0.322 e. The molecule has 1 fully saturated rings. The van der Waals surface area contributed by atoms with Crippen molar-refractivity contribution in [3.05, 3.63) is 29.3 Å². The van der Waals surface area contributed by atoms with Gasteiger partial charge in [0.1, 0.15) is 11.8 Å².